The zero-order chi connectivity index (χ0) is 13.3. The van der Waals surface area contributed by atoms with Crippen LogP contribution in [0.1, 0.15) is 6.42 Å². The van der Waals surface area contributed by atoms with E-state index in [0.717, 1.165) is 16.6 Å². The van der Waals surface area contributed by atoms with Crippen molar-refractivity contribution in [2.45, 2.75) is 11.3 Å². The van der Waals surface area contributed by atoms with E-state index in [9.17, 15) is 22.9 Å². The molecule has 1 aliphatic heterocycles. The molecular weight excluding hydrogens is 267 g/mol. The van der Waals surface area contributed by atoms with Crippen molar-refractivity contribution in [2.24, 2.45) is 0 Å². The zero-order valence-corrected chi connectivity index (χ0v) is 9.89. The molecule has 18 heavy (non-hydrogen) atoms. The first-order valence-corrected chi connectivity index (χ1v) is 6.46. The molecule has 9 heteroatoms. The first-order chi connectivity index (χ1) is 8.43. The number of nitrogens with zero attached hydrogens (tertiary/aromatic N) is 2. The van der Waals surface area contributed by atoms with Crippen molar-refractivity contribution in [3.8, 4) is 0 Å². The highest BCUT2D eigenvalue weighted by Crippen LogP contribution is 2.25. The molecule has 1 saturated heterocycles. The average molecular weight is 276 g/mol. The second-order valence-corrected chi connectivity index (χ2v) is 5.42. The van der Waals surface area contributed by atoms with Gasteiger partial charge in [0.1, 0.15) is 0 Å². The average Bonchev–Trinajstić information content (AvgIpc) is 2.82. The van der Waals surface area contributed by atoms with Crippen LogP contribution in [0.2, 0.25) is 0 Å². The van der Waals surface area contributed by atoms with Crippen LogP contribution < -0.4 is 0 Å². The lowest BCUT2D eigenvalue weighted by Gasteiger charge is -2.13. The van der Waals surface area contributed by atoms with E-state index >= 15 is 0 Å². The van der Waals surface area contributed by atoms with Crippen LogP contribution in [-0.4, -0.2) is 31.0 Å². The Balaban J connectivity index is 2.45. The second kappa shape index (κ2) is 4.59. The molecule has 0 bridgehead atoms. The maximum atomic E-state index is 13.1. The molecule has 0 spiro atoms. The number of nitro benzene ring substituents is 1. The van der Waals surface area contributed by atoms with E-state index in [1.165, 1.54) is 0 Å². The minimum Gasteiger partial charge on any atom is -0.284 e. The minimum atomic E-state index is -3.97. The Morgan fingerprint density at radius 3 is 2.72 bits per heavy atom. The van der Waals surface area contributed by atoms with Gasteiger partial charge in [-0.25, -0.2) is 8.42 Å². The van der Waals surface area contributed by atoms with Gasteiger partial charge in [-0.2, -0.15) is 4.39 Å². The highest BCUT2D eigenvalue weighted by atomic mass is 32.2. The predicted molar refractivity (Wildman–Crippen MR) is 57.5 cm³/mol. The largest absolute Gasteiger partial charge is 0.306 e. The van der Waals surface area contributed by atoms with Gasteiger partial charge in [0.2, 0.25) is 5.82 Å². The molecular formula is C9H9FN2O5S. The number of sulfonamides is 1. The number of hydrogen-bond donors (Lipinski definition) is 0. The molecule has 0 aliphatic carbocycles. The van der Waals surface area contributed by atoms with E-state index in [1.807, 2.05) is 0 Å². The lowest BCUT2D eigenvalue weighted by Crippen LogP contribution is -2.26. The molecule has 1 heterocycles. The van der Waals surface area contributed by atoms with E-state index in [-0.39, 0.29) is 18.0 Å². The summed E-state index contributed by atoms with van der Waals surface area (Å²) < 4.78 is 37.8. The second-order valence-electron chi connectivity index (χ2n) is 3.59. The lowest BCUT2D eigenvalue weighted by molar-refractivity contribution is -0.387. The summed E-state index contributed by atoms with van der Waals surface area (Å²) in [6.45, 7) is 0.441. The summed E-state index contributed by atoms with van der Waals surface area (Å²) in [6.07, 6.45) is 0.544. The first-order valence-electron chi connectivity index (χ1n) is 5.02. The highest BCUT2D eigenvalue weighted by molar-refractivity contribution is 7.89. The van der Waals surface area contributed by atoms with Crippen molar-refractivity contribution in [1.29, 1.82) is 0 Å². The fourth-order valence-corrected chi connectivity index (χ4v) is 2.84. The fourth-order valence-electron chi connectivity index (χ4n) is 1.52. The van der Waals surface area contributed by atoms with Gasteiger partial charge in [0.15, 0.2) is 0 Å². The number of halogens is 1. The maximum Gasteiger partial charge on any atom is 0.306 e. The molecule has 0 radical (unpaired) electrons. The third-order valence-electron chi connectivity index (χ3n) is 2.40. The number of nitro groups is 1. The van der Waals surface area contributed by atoms with Crippen molar-refractivity contribution in [2.75, 3.05) is 13.2 Å². The van der Waals surface area contributed by atoms with Gasteiger partial charge in [-0.15, -0.1) is 0 Å². The van der Waals surface area contributed by atoms with Crippen molar-refractivity contribution in [1.82, 2.24) is 4.47 Å². The van der Waals surface area contributed by atoms with Crippen LogP contribution in [0.15, 0.2) is 23.1 Å². The van der Waals surface area contributed by atoms with E-state index < -0.39 is 26.5 Å². The van der Waals surface area contributed by atoms with Crippen molar-refractivity contribution >= 4 is 15.7 Å². The van der Waals surface area contributed by atoms with Crippen LogP contribution in [0.5, 0.6) is 0 Å². The van der Waals surface area contributed by atoms with Gasteiger partial charge < -0.3 is 0 Å². The zero-order valence-electron chi connectivity index (χ0n) is 9.08. The van der Waals surface area contributed by atoms with Gasteiger partial charge in [0.25, 0.3) is 10.0 Å². The highest BCUT2D eigenvalue weighted by Gasteiger charge is 2.30. The predicted octanol–water partition coefficient (Wildman–Crippen LogP) is 1.06. The van der Waals surface area contributed by atoms with Gasteiger partial charge in [-0.1, -0.05) is 4.47 Å². The van der Waals surface area contributed by atoms with Crippen molar-refractivity contribution < 1.29 is 22.6 Å². The Kier molecular flexibility index (Phi) is 3.28. The molecule has 0 atom stereocenters. The maximum absolute atomic E-state index is 13.1. The van der Waals surface area contributed by atoms with E-state index in [0.29, 0.717) is 12.5 Å². The summed E-state index contributed by atoms with van der Waals surface area (Å²) in [5, 5.41) is 10.5. The van der Waals surface area contributed by atoms with Crippen molar-refractivity contribution in [3.63, 3.8) is 0 Å². The van der Waals surface area contributed by atoms with Gasteiger partial charge >= 0.3 is 5.69 Å². The van der Waals surface area contributed by atoms with Gasteiger partial charge in [-0.05, 0) is 18.6 Å². The van der Waals surface area contributed by atoms with Crippen LogP contribution in [0.25, 0.3) is 0 Å². The summed E-state index contributed by atoms with van der Waals surface area (Å²) >= 11 is 0. The summed E-state index contributed by atoms with van der Waals surface area (Å²) in [6, 6.07) is 2.41. The molecule has 7 nitrogen and oxygen atoms in total. The molecule has 1 aliphatic rings. The minimum absolute atomic E-state index is 0.174. The molecule has 1 fully saturated rings. The Hall–Kier alpha value is -1.58. The molecule has 0 unspecified atom stereocenters. The molecule has 1 aromatic carbocycles. The van der Waals surface area contributed by atoms with E-state index in [4.69, 9.17) is 4.84 Å². The van der Waals surface area contributed by atoms with Gasteiger partial charge in [0.05, 0.1) is 16.4 Å². The van der Waals surface area contributed by atoms with Crippen LogP contribution >= 0.6 is 0 Å². The van der Waals surface area contributed by atoms with Crippen LogP contribution in [0.3, 0.4) is 0 Å². The number of hydrogen-bond acceptors (Lipinski definition) is 5. The monoisotopic (exact) mass is 276 g/mol. The molecule has 0 saturated carbocycles. The molecule has 0 amide bonds. The van der Waals surface area contributed by atoms with Crippen LogP contribution in [-0.2, 0) is 14.9 Å². The number of rotatable bonds is 3. The third-order valence-corrected chi connectivity index (χ3v) is 4.07. The quantitative estimate of drug-likeness (QED) is 0.608. The van der Waals surface area contributed by atoms with Gasteiger partial charge in [0, 0.05) is 12.6 Å². The SMILES string of the molecule is O=[N+]([O-])c1cc(S(=O)(=O)N2CCCO2)ccc1F. The number of hydroxylamine groups is 1. The summed E-state index contributed by atoms with van der Waals surface area (Å²) in [5.41, 5.74) is -0.879. The Bertz CT molecular complexity index is 583. The van der Waals surface area contributed by atoms with E-state index in [2.05, 4.69) is 0 Å². The topological polar surface area (TPSA) is 89.8 Å². The normalized spacial score (nSPS) is 16.9. The van der Waals surface area contributed by atoms with E-state index in [1.54, 1.807) is 0 Å². The molecule has 0 N–H and O–H groups in total. The standard InChI is InChI=1S/C9H9FN2O5S/c10-8-3-2-7(6-9(8)12(13)14)18(15,16)11-4-1-5-17-11/h2-3,6H,1,4-5H2. The summed E-state index contributed by atoms with van der Waals surface area (Å²) in [7, 11) is -3.97. The molecule has 98 valence electrons. The smallest absolute Gasteiger partial charge is 0.284 e. The molecule has 0 aromatic heterocycles. The van der Waals surface area contributed by atoms with Crippen LogP contribution in [0.4, 0.5) is 10.1 Å². The van der Waals surface area contributed by atoms with Crippen LogP contribution in [0, 0.1) is 15.9 Å². The lowest BCUT2D eigenvalue weighted by atomic mass is 10.3. The fraction of sp³-hybridized carbons (Fsp3) is 0.333. The Labute approximate surface area is 102 Å². The Morgan fingerprint density at radius 2 is 2.17 bits per heavy atom. The summed E-state index contributed by atoms with van der Waals surface area (Å²) in [4.78, 5) is 14.1. The first kappa shape index (κ1) is 12.9. The number of benzene rings is 1. The Morgan fingerprint density at radius 1 is 1.44 bits per heavy atom. The third kappa shape index (κ3) is 2.19. The summed E-state index contributed by atoms with van der Waals surface area (Å²) in [5.74, 6) is -1.08. The van der Waals surface area contributed by atoms with Gasteiger partial charge in [-0.3, -0.25) is 15.0 Å². The molecule has 2 rings (SSSR count). The molecule has 1 aromatic rings. The van der Waals surface area contributed by atoms with Crippen molar-refractivity contribution in [3.05, 3.63) is 34.1 Å².